The van der Waals surface area contributed by atoms with E-state index in [2.05, 4.69) is 20.0 Å². The zero-order valence-electron chi connectivity index (χ0n) is 5.42. The van der Waals surface area contributed by atoms with E-state index in [0.717, 1.165) is 0 Å². The largest absolute Gasteiger partial charge is 0.340 e. The molecule has 0 unspecified atom stereocenters. The summed E-state index contributed by atoms with van der Waals surface area (Å²) in [6, 6.07) is 0. The van der Waals surface area contributed by atoms with Crippen LogP contribution in [0.25, 0.3) is 0 Å². The Balaban J connectivity index is 2.49. The number of aromatic nitrogens is 2. The van der Waals surface area contributed by atoms with Crippen LogP contribution in [0.3, 0.4) is 0 Å². The van der Waals surface area contributed by atoms with Crippen LogP contribution in [0.5, 0.6) is 0 Å². The number of nitrogens with one attached hydrogen (secondary N) is 1. The van der Waals surface area contributed by atoms with Gasteiger partial charge in [-0.05, 0) is 0 Å². The summed E-state index contributed by atoms with van der Waals surface area (Å²) in [4.78, 5) is 13.5. The molecule has 0 atom stereocenters. The Morgan fingerprint density at radius 3 is 3.10 bits per heavy atom. The maximum absolute atomic E-state index is 9.66. The van der Waals surface area contributed by atoms with E-state index in [-0.39, 0.29) is 6.54 Å². The number of hydrogen-bond donors (Lipinski definition) is 1. The van der Waals surface area contributed by atoms with Crippen LogP contribution in [0, 0.1) is 6.92 Å². The molecule has 0 saturated carbocycles. The third-order valence-electron chi connectivity index (χ3n) is 0.888. The molecule has 0 aliphatic carbocycles. The number of amides is 1. The van der Waals surface area contributed by atoms with Crippen molar-refractivity contribution in [3.05, 3.63) is 11.7 Å². The average molecular weight is 140 g/mol. The summed E-state index contributed by atoms with van der Waals surface area (Å²) in [5, 5.41) is 5.81. The molecule has 1 radical (unpaired) electrons. The van der Waals surface area contributed by atoms with Gasteiger partial charge in [0.2, 0.25) is 5.89 Å². The molecule has 5 nitrogen and oxygen atoms in total. The third kappa shape index (κ3) is 1.54. The van der Waals surface area contributed by atoms with Crippen molar-refractivity contribution in [1.82, 2.24) is 15.5 Å². The Labute approximate surface area is 57.4 Å². The molecule has 1 amide bonds. The Hall–Kier alpha value is -1.39. The first kappa shape index (κ1) is 6.73. The Morgan fingerprint density at radius 1 is 1.80 bits per heavy atom. The van der Waals surface area contributed by atoms with Gasteiger partial charge in [0, 0.05) is 6.92 Å². The minimum absolute atomic E-state index is 0.265. The first-order valence-corrected chi connectivity index (χ1v) is 2.72. The van der Waals surface area contributed by atoms with Gasteiger partial charge in [-0.2, -0.15) is 4.98 Å². The molecule has 1 rings (SSSR count). The van der Waals surface area contributed by atoms with Crippen LogP contribution in [0.15, 0.2) is 4.52 Å². The zero-order chi connectivity index (χ0) is 7.40. The maximum atomic E-state index is 9.66. The molecule has 1 aromatic rings. The van der Waals surface area contributed by atoms with Gasteiger partial charge in [-0.25, -0.2) is 0 Å². The van der Waals surface area contributed by atoms with E-state index >= 15 is 0 Å². The van der Waals surface area contributed by atoms with Gasteiger partial charge in [-0.15, -0.1) is 0 Å². The van der Waals surface area contributed by atoms with Gasteiger partial charge in [-0.1, -0.05) is 5.16 Å². The molecule has 0 fully saturated rings. The smallest absolute Gasteiger partial charge is 0.309 e. The van der Waals surface area contributed by atoms with E-state index < -0.39 is 0 Å². The molecular formula is C5H6N3O2. The Morgan fingerprint density at radius 2 is 2.60 bits per heavy atom. The second kappa shape index (κ2) is 2.95. The molecule has 0 bridgehead atoms. The van der Waals surface area contributed by atoms with Crippen LogP contribution in [0.4, 0.5) is 0 Å². The second-order valence-corrected chi connectivity index (χ2v) is 1.69. The average Bonchev–Trinajstić information content (AvgIpc) is 2.31. The van der Waals surface area contributed by atoms with Gasteiger partial charge in [-0.3, -0.25) is 4.79 Å². The summed E-state index contributed by atoms with van der Waals surface area (Å²) in [5.74, 6) is 0.948. The van der Waals surface area contributed by atoms with Crippen molar-refractivity contribution in [2.75, 3.05) is 0 Å². The predicted molar refractivity (Wildman–Crippen MR) is 31.6 cm³/mol. The lowest BCUT2D eigenvalue weighted by Crippen LogP contribution is -2.10. The van der Waals surface area contributed by atoms with Crippen molar-refractivity contribution in [2.24, 2.45) is 0 Å². The highest BCUT2D eigenvalue weighted by molar-refractivity contribution is 5.46. The second-order valence-electron chi connectivity index (χ2n) is 1.69. The first-order valence-electron chi connectivity index (χ1n) is 2.72. The lowest BCUT2D eigenvalue weighted by molar-refractivity contribution is 0.386. The SMILES string of the molecule is Cc1nc(CN[C]=O)no1. The number of carbonyl (C=O) groups excluding carboxylic acids is 1. The van der Waals surface area contributed by atoms with Gasteiger partial charge in [0.1, 0.15) is 0 Å². The minimum atomic E-state index is 0.265. The summed E-state index contributed by atoms with van der Waals surface area (Å²) in [7, 11) is 0. The van der Waals surface area contributed by atoms with E-state index in [1.165, 1.54) is 6.41 Å². The summed E-state index contributed by atoms with van der Waals surface area (Å²) in [6.45, 7) is 1.95. The van der Waals surface area contributed by atoms with Crippen LogP contribution in [-0.4, -0.2) is 16.6 Å². The van der Waals surface area contributed by atoms with Crippen molar-refractivity contribution in [1.29, 1.82) is 0 Å². The molecular weight excluding hydrogens is 134 g/mol. The van der Waals surface area contributed by atoms with Gasteiger partial charge < -0.3 is 9.84 Å². The molecule has 0 aliphatic rings. The fourth-order valence-electron chi connectivity index (χ4n) is 0.528. The van der Waals surface area contributed by atoms with Crippen LogP contribution < -0.4 is 5.32 Å². The highest BCUT2D eigenvalue weighted by Crippen LogP contribution is 1.92. The van der Waals surface area contributed by atoms with Gasteiger partial charge >= 0.3 is 6.41 Å². The van der Waals surface area contributed by atoms with E-state index in [9.17, 15) is 4.79 Å². The predicted octanol–water partition coefficient (Wildman–Crippen LogP) is -0.465. The standard InChI is InChI=1S/C5H6N3O2/c1-4-7-5(8-10-4)2-6-3-9/h2H2,1H3,(H,6,9). The third-order valence-corrected chi connectivity index (χ3v) is 0.888. The molecule has 5 heteroatoms. The number of rotatable bonds is 3. The summed E-state index contributed by atoms with van der Waals surface area (Å²) in [6.07, 6.45) is 1.50. The Bertz CT molecular complexity index is 220. The molecule has 0 aromatic carbocycles. The number of aryl methyl sites for hydroxylation is 1. The normalized spacial score (nSPS) is 9.30. The quantitative estimate of drug-likeness (QED) is 0.576. The van der Waals surface area contributed by atoms with Gasteiger partial charge in [0.05, 0.1) is 6.54 Å². The molecule has 0 aliphatic heterocycles. The van der Waals surface area contributed by atoms with Crippen LogP contribution in [0.2, 0.25) is 0 Å². The highest BCUT2D eigenvalue weighted by atomic mass is 16.5. The molecule has 1 aromatic heterocycles. The van der Waals surface area contributed by atoms with E-state index in [4.69, 9.17) is 0 Å². The Kier molecular flexibility index (Phi) is 1.99. The summed E-state index contributed by atoms with van der Waals surface area (Å²) in [5.41, 5.74) is 0. The molecule has 1 N–H and O–H groups in total. The fourth-order valence-corrected chi connectivity index (χ4v) is 0.528. The lowest BCUT2D eigenvalue weighted by Gasteiger charge is -1.85. The zero-order valence-corrected chi connectivity index (χ0v) is 5.42. The summed E-state index contributed by atoms with van der Waals surface area (Å²) < 4.78 is 4.63. The minimum Gasteiger partial charge on any atom is -0.340 e. The van der Waals surface area contributed by atoms with Crippen LogP contribution >= 0.6 is 0 Å². The fraction of sp³-hybridized carbons (Fsp3) is 0.400. The lowest BCUT2D eigenvalue weighted by atomic mass is 10.6. The molecule has 0 saturated heterocycles. The maximum Gasteiger partial charge on any atom is 0.309 e. The van der Waals surface area contributed by atoms with E-state index in [0.29, 0.717) is 11.7 Å². The van der Waals surface area contributed by atoms with E-state index in [1.807, 2.05) is 0 Å². The van der Waals surface area contributed by atoms with Crippen molar-refractivity contribution in [3.8, 4) is 0 Å². The molecule has 0 spiro atoms. The molecule has 10 heavy (non-hydrogen) atoms. The van der Waals surface area contributed by atoms with Crippen molar-refractivity contribution in [3.63, 3.8) is 0 Å². The van der Waals surface area contributed by atoms with Crippen molar-refractivity contribution >= 4 is 6.41 Å². The van der Waals surface area contributed by atoms with Crippen LogP contribution in [0.1, 0.15) is 11.7 Å². The summed E-state index contributed by atoms with van der Waals surface area (Å²) >= 11 is 0. The highest BCUT2D eigenvalue weighted by Gasteiger charge is 1.98. The molecule has 53 valence electrons. The van der Waals surface area contributed by atoms with Crippen molar-refractivity contribution in [2.45, 2.75) is 13.5 Å². The molecule has 1 heterocycles. The monoisotopic (exact) mass is 140 g/mol. The van der Waals surface area contributed by atoms with E-state index in [1.54, 1.807) is 6.92 Å². The van der Waals surface area contributed by atoms with Crippen LogP contribution in [-0.2, 0) is 11.3 Å². The first-order chi connectivity index (χ1) is 4.83. The van der Waals surface area contributed by atoms with Crippen molar-refractivity contribution < 1.29 is 9.32 Å². The topological polar surface area (TPSA) is 68.0 Å². The van der Waals surface area contributed by atoms with Gasteiger partial charge in [0.25, 0.3) is 0 Å². The number of hydrogen-bond acceptors (Lipinski definition) is 4. The van der Waals surface area contributed by atoms with Gasteiger partial charge in [0.15, 0.2) is 5.82 Å². The number of nitrogens with zero attached hydrogens (tertiary/aromatic N) is 2.